The van der Waals surface area contributed by atoms with Crippen molar-refractivity contribution in [1.82, 2.24) is 24.6 Å². The molecule has 0 atom stereocenters. The molecule has 0 saturated carbocycles. The largest absolute Gasteiger partial charge is 0.484 e. The molecule has 8 nitrogen and oxygen atoms in total. The van der Waals surface area contributed by atoms with Crippen LogP contribution in [0.2, 0.25) is 0 Å². The Balaban J connectivity index is 1.36. The Labute approximate surface area is 183 Å². The van der Waals surface area contributed by atoms with Gasteiger partial charge in [0.25, 0.3) is 11.5 Å². The molecular formula is C23H22FN5O3. The summed E-state index contributed by atoms with van der Waals surface area (Å²) in [7, 11) is 0. The normalized spacial score (nSPS) is 10.9. The van der Waals surface area contributed by atoms with E-state index in [9.17, 15) is 14.0 Å². The highest BCUT2D eigenvalue weighted by atomic mass is 19.1. The summed E-state index contributed by atoms with van der Waals surface area (Å²) in [5, 5.41) is 7.30. The van der Waals surface area contributed by atoms with Crippen molar-refractivity contribution >= 4 is 16.9 Å². The average Bonchev–Trinajstić information content (AvgIpc) is 3.19. The van der Waals surface area contributed by atoms with Crippen LogP contribution in [-0.2, 0) is 17.9 Å². The van der Waals surface area contributed by atoms with E-state index in [0.717, 1.165) is 5.56 Å². The summed E-state index contributed by atoms with van der Waals surface area (Å²) < 4.78 is 22.3. The quantitative estimate of drug-likeness (QED) is 0.459. The van der Waals surface area contributed by atoms with Crippen LogP contribution in [0.5, 0.6) is 5.75 Å². The number of hydrogen-bond acceptors (Lipinski definition) is 5. The molecular weight excluding hydrogens is 413 g/mol. The summed E-state index contributed by atoms with van der Waals surface area (Å²) in [4.78, 5) is 29.1. The van der Waals surface area contributed by atoms with Crippen molar-refractivity contribution in [2.75, 3.05) is 13.2 Å². The molecule has 0 aliphatic heterocycles. The minimum absolute atomic E-state index is 0.0800. The molecule has 1 amide bonds. The van der Waals surface area contributed by atoms with Crippen molar-refractivity contribution in [3.8, 4) is 5.75 Å². The van der Waals surface area contributed by atoms with Crippen molar-refractivity contribution in [3.63, 3.8) is 0 Å². The van der Waals surface area contributed by atoms with Gasteiger partial charge in [-0.1, -0.05) is 30.3 Å². The number of aryl methyl sites for hydroxylation is 1. The Morgan fingerprint density at radius 1 is 1.19 bits per heavy atom. The van der Waals surface area contributed by atoms with Gasteiger partial charge in [-0.05, 0) is 30.7 Å². The summed E-state index contributed by atoms with van der Waals surface area (Å²) in [5.74, 6) is -0.00503. The van der Waals surface area contributed by atoms with Crippen LogP contribution in [-0.4, -0.2) is 38.4 Å². The van der Waals surface area contributed by atoms with Crippen molar-refractivity contribution in [2.45, 2.75) is 20.0 Å². The van der Waals surface area contributed by atoms with Gasteiger partial charge in [0.15, 0.2) is 12.3 Å². The second kappa shape index (κ2) is 9.42. The number of aromatic nitrogens is 4. The lowest BCUT2D eigenvalue weighted by atomic mass is 10.2. The first kappa shape index (κ1) is 21.2. The van der Waals surface area contributed by atoms with Crippen LogP contribution < -0.4 is 15.6 Å². The molecule has 0 radical (unpaired) electrons. The third kappa shape index (κ3) is 4.83. The van der Waals surface area contributed by atoms with E-state index in [0.29, 0.717) is 35.4 Å². The molecule has 9 heteroatoms. The molecule has 0 aliphatic rings. The molecule has 0 unspecified atom stereocenters. The van der Waals surface area contributed by atoms with E-state index in [1.807, 2.05) is 25.1 Å². The summed E-state index contributed by atoms with van der Waals surface area (Å²) >= 11 is 0. The van der Waals surface area contributed by atoms with Gasteiger partial charge in [0.1, 0.15) is 23.3 Å². The number of benzene rings is 2. The van der Waals surface area contributed by atoms with Gasteiger partial charge in [0.2, 0.25) is 0 Å². The summed E-state index contributed by atoms with van der Waals surface area (Å²) in [6.07, 6.45) is 2.81. The molecule has 4 aromatic rings. The number of carbonyl (C=O) groups is 1. The van der Waals surface area contributed by atoms with Gasteiger partial charge < -0.3 is 10.1 Å². The molecule has 32 heavy (non-hydrogen) atoms. The van der Waals surface area contributed by atoms with Crippen LogP contribution in [0.1, 0.15) is 11.1 Å². The number of carbonyl (C=O) groups excluding carboxylic acids is 1. The highest BCUT2D eigenvalue weighted by molar-refractivity contribution is 5.77. The van der Waals surface area contributed by atoms with Gasteiger partial charge in [-0.25, -0.2) is 14.1 Å². The van der Waals surface area contributed by atoms with E-state index in [1.54, 1.807) is 28.9 Å². The molecule has 4 rings (SSSR count). The van der Waals surface area contributed by atoms with Crippen LogP contribution in [0.25, 0.3) is 11.0 Å². The van der Waals surface area contributed by atoms with Crippen molar-refractivity contribution in [3.05, 3.63) is 88.4 Å². The van der Waals surface area contributed by atoms with Gasteiger partial charge in [-0.3, -0.25) is 14.2 Å². The average molecular weight is 435 g/mol. The third-order valence-electron chi connectivity index (χ3n) is 4.93. The summed E-state index contributed by atoms with van der Waals surface area (Å²) in [6, 6.07) is 13.8. The predicted octanol–water partition coefficient (Wildman–Crippen LogP) is 2.28. The van der Waals surface area contributed by atoms with Crippen molar-refractivity contribution in [2.24, 2.45) is 0 Å². The van der Waals surface area contributed by atoms with Gasteiger partial charge in [0.05, 0.1) is 19.3 Å². The second-order valence-electron chi connectivity index (χ2n) is 7.33. The molecule has 0 aliphatic carbocycles. The molecule has 0 spiro atoms. The monoisotopic (exact) mass is 435 g/mol. The molecule has 2 heterocycles. The minimum atomic E-state index is -0.377. The number of amides is 1. The lowest BCUT2D eigenvalue weighted by Crippen LogP contribution is -2.31. The zero-order valence-electron chi connectivity index (χ0n) is 17.5. The molecule has 1 N–H and O–H groups in total. The Kier molecular flexibility index (Phi) is 6.25. The van der Waals surface area contributed by atoms with Crippen LogP contribution in [0, 0.1) is 12.7 Å². The van der Waals surface area contributed by atoms with E-state index < -0.39 is 0 Å². The topological polar surface area (TPSA) is 91.0 Å². The number of hydrogen-bond donors (Lipinski definition) is 1. The zero-order valence-corrected chi connectivity index (χ0v) is 17.5. The fraction of sp³-hybridized carbons (Fsp3) is 0.217. The molecule has 2 aromatic carbocycles. The van der Waals surface area contributed by atoms with Crippen molar-refractivity contribution in [1.29, 1.82) is 0 Å². The van der Waals surface area contributed by atoms with Crippen molar-refractivity contribution < 1.29 is 13.9 Å². The first-order valence-corrected chi connectivity index (χ1v) is 10.1. The lowest BCUT2D eigenvalue weighted by Gasteiger charge is -2.09. The molecule has 2 aromatic heterocycles. The van der Waals surface area contributed by atoms with E-state index >= 15 is 0 Å². The third-order valence-corrected chi connectivity index (χ3v) is 4.93. The molecule has 0 fully saturated rings. The number of rotatable bonds is 8. The Morgan fingerprint density at radius 2 is 2.03 bits per heavy atom. The maximum Gasteiger partial charge on any atom is 0.264 e. The minimum Gasteiger partial charge on any atom is -0.484 e. The SMILES string of the molecule is Cc1cccc(OCC(=O)NCCn2ncc3c(=O)n(Cc4ccccc4F)cnc32)c1. The Bertz CT molecular complexity index is 1310. The van der Waals surface area contributed by atoms with E-state index in [1.165, 1.54) is 23.2 Å². The summed E-state index contributed by atoms with van der Waals surface area (Å²) in [5.41, 5.74) is 1.55. The van der Waals surface area contributed by atoms with Gasteiger partial charge in [-0.15, -0.1) is 0 Å². The molecule has 0 saturated heterocycles. The van der Waals surface area contributed by atoms with Crippen LogP contribution >= 0.6 is 0 Å². The van der Waals surface area contributed by atoms with E-state index in [4.69, 9.17) is 4.74 Å². The van der Waals surface area contributed by atoms with Crippen LogP contribution in [0.4, 0.5) is 4.39 Å². The predicted molar refractivity (Wildman–Crippen MR) is 117 cm³/mol. The highest BCUT2D eigenvalue weighted by Gasteiger charge is 2.12. The Morgan fingerprint density at radius 3 is 2.84 bits per heavy atom. The highest BCUT2D eigenvalue weighted by Crippen LogP contribution is 2.12. The smallest absolute Gasteiger partial charge is 0.264 e. The summed E-state index contributed by atoms with van der Waals surface area (Å²) in [6.45, 7) is 2.57. The number of nitrogens with zero attached hydrogens (tertiary/aromatic N) is 4. The van der Waals surface area contributed by atoms with Crippen LogP contribution in [0.15, 0.2) is 65.8 Å². The van der Waals surface area contributed by atoms with Crippen LogP contribution in [0.3, 0.4) is 0 Å². The second-order valence-corrected chi connectivity index (χ2v) is 7.33. The molecule has 0 bridgehead atoms. The maximum atomic E-state index is 13.9. The van der Waals surface area contributed by atoms with Gasteiger partial charge >= 0.3 is 0 Å². The number of halogens is 1. The first-order valence-electron chi connectivity index (χ1n) is 10.1. The fourth-order valence-electron chi connectivity index (χ4n) is 3.29. The lowest BCUT2D eigenvalue weighted by molar-refractivity contribution is -0.123. The Hall–Kier alpha value is -4.01. The maximum absolute atomic E-state index is 13.9. The first-order chi connectivity index (χ1) is 15.5. The van der Waals surface area contributed by atoms with E-state index in [-0.39, 0.29) is 30.4 Å². The van der Waals surface area contributed by atoms with E-state index in [2.05, 4.69) is 15.4 Å². The number of nitrogens with one attached hydrogen (secondary N) is 1. The molecule has 164 valence electrons. The number of fused-ring (bicyclic) bond motifs is 1. The fourth-order valence-corrected chi connectivity index (χ4v) is 3.29. The standard InChI is InChI=1S/C23H22FN5O3/c1-16-5-4-7-18(11-16)32-14-21(30)25-9-10-29-22-19(12-27-29)23(31)28(15-26-22)13-17-6-2-3-8-20(17)24/h2-8,11-12,15H,9-10,13-14H2,1H3,(H,25,30). The van der Waals surface area contributed by atoms with Gasteiger partial charge in [-0.2, -0.15) is 5.10 Å². The zero-order chi connectivity index (χ0) is 22.5. The number of ether oxygens (including phenoxy) is 1. The van der Waals surface area contributed by atoms with Gasteiger partial charge in [0, 0.05) is 12.1 Å².